The smallest absolute Gasteiger partial charge is 0.337 e. The van der Waals surface area contributed by atoms with Crippen molar-refractivity contribution in [2.45, 2.75) is 11.8 Å². The van der Waals surface area contributed by atoms with Gasteiger partial charge in [0.2, 0.25) is 0 Å². The number of rotatable bonds is 6. The molecule has 8 nitrogen and oxygen atoms in total. The first-order chi connectivity index (χ1) is 15.7. The lowest BCUT2D eigenvalue weighted by atomic mass is 10.1. The summed E-state index contributed by atoms with van der Waals surface area (Å²) in [5, 5.41) is 12.7. The topological polar surface area (TPSA) is 115 Å². The van der Waals surface area contributed by atoms with E-state index < -0.39 is 21.9 Å². The molecule has 0 atom stereocenters. The van der Waals surface area contributed by atoms with Gasteiger partial charge in [-0.05, 0) is 61.5 Å². The largest absolute Gasteiger partial charge is 0.497 e. The van der Waals surface area contributed by atoms with E-state index in [4.69, 9.17) is 4.74 Å². The molecular weight excluding hydrogens is 444 g/mol. The summed E-state index contributed by atoms with van der Waals surface area (Å²) in [7, 11) is -2.47. The molecule has 0 saturated heterocycles. The molecule has 3 aromatic carbocycles. The molecular formula is C24H20N2O6S. The number of aromatic nitrogens is 1. The van der Waals surface area contributed by atoms with E-state index in [1.54, 1.807) is 37.3 Å². The van der Waals surface area contributed by atoms with Gasteiger partial charge in [0, 0.05) is 17.1 Å². The number of anilines is 1. The van der Waals surface area contributed by atoms with Crippen LogP contribution in [0.4, 0.5) is 5.69 Å². The Morgan fingerprint density at radius 1 is 1.00 bits per heavy atom. The summed E-state index contributed by atoms with van der Waals surface area (Å²) >= 11 is 0. The van der Waals surface area contributed by atoms with Crippen LogP contribution >= 0.6 is 0 Å². The van der Waals surface area contributed by atoms with E-state index in [1.165, 1.54) is 49.7 Å². The number of fused-ring (bicyclic) bond motifs is 1. The van der Waals surface area contributed by atoms with Crippen LogP contribution in [0.1, 0.15) is 26.3 Å². The maximum atomic E-state index is 13.3. The van der Waals surface area contributed by atoms with Crippen molar-refractivity contribution in [1.29, 1.82) is 0 Å². The third-order valence-electron chi connectivity index (χ3n) is 5.17. The fourth-order valence-corrected chi connectivity index (χ4v) is 4.88. The lowest BCUT2D eigenvalue weighted by molar-refractivity contribution is 0.0698. The normalized spacial score (nSPS) is 11.3. The minimum absolute atomic E-state index is 0.0543. The van der Waals surface area contributed by atoms with Crippen molar-refractivity contribution < 1.29 is 27.9 Å². The lowest BCUT2D eigenvalue weighted by Gasteiger charge is -2.11. The minimum Gasteiger partial charge on any atom is -0.497 e. The van der Waals surface area contributed by atoms with Crippen LogP contribution in [0.5, 0.6) is 5.75 Å². The molecule has 0 spiro atoms. The number of carboxylic acids is 1. The Bertz CT molecular complexity index is 1500. The second-order valence-corrected chi connectivity index (χ2v) is 9.19. The number of hydrogen-bond donors (Lipinski definition) is 2. The van der Waals surface area contributed by atoms with Gasteiger partial charge >= 0.3 is 5.97 Å². The second kappa shape index (κ2) is 8.44. The standard InChI is InChI=1S/C24H20N2O6S/c1-15-6-8-21(20(12-15)24(28)29)25-23(27)17-4-3-5-19(14-17)33(30,31)26-11-10-16-13-18(32-2)7-9-22(16)26/h3-14H,1-2H3,(H,25,27)(H,28,29). The quantitative estimate of drug-likeness (QED) is 0.443. The van der Waals surface area contributed by atoms with Gasteiger partial charge in [0.25, 0.3) is 15.9 Å². The number of aromatic carboxylic acids is 1. The molecule has 1 amide bonds. The van der Waals surface area contributed by atoms with Gasteiger partial charge in [-0.3, -0.25) is 4.79 Å². The molecule has 0 fully saturated rings. The van der Waals surface area contributed by atoms with Crippen molar-refractivity contribution in [3.05, 3.63) is 89.6 Å². The first-order valence-corrected chi connectivity index (χ1v) is 11.3. The SMILES string of the molecule is COc1ccc2c(ccn2S(=O)(=O)c2cccc(C(=O)Nc3ccc(C)cc3C(=O)O)c2)c1. The lowest BCUT2D eigenvalue weighted by Crippen LogP contribution is -2.17. The van der Waals surface area contributed by atoms with Crippen molar-refractivity contribution in [3.63, 3.8) is 0 Å². The molecule has 2 N–H and O–H groups in total. The Morgan fingerprint density at radius 2 is 1.79 bits per heavy atom. The number of carboxylic acid groups (broad SMARTS) is 1. The van der Waals surface area contributed by atoms with Crippen LogP contribution in [-0.2, 0) is 10.0 Å². The second-order valence-electron chi connectivity index (χ2n) is 7.38. The van der Waals surface area contributed by atoms with Crippen molar-refractivity contribution in [2.24, 2.45) is 0 Å². The third-order valence-corrected chi connectivity index (χ3v) is 6.85. The van der Waals surface area contributed by atoms with Crippen molar-refractivity contribution in [3.8, 4) is 5.75 Å². The summed E-state index contributed by atoms with van der Waals surface area (Å²) in [4.78, 5) is 24.2. The van der Waals surface area contributed by atoms with Crippen LogP contribution in [0.2, 0.25) is 0 Å². The van der Waals surface area contributed by atoms with Crippen LogP contribution in [0, 0.1) is 6.92 Å². The van der Waals surface area contributed by atoms with Crippen LogP contribution in [0.3, 0.4) is 0 Å². The Balaban J connectivity index is 1.68. The highest BCUT2D eigenvalue weighted by Crippen LogP contribution is 2.26. The minimum atomic E-state index is -4.00. The molecule has 9 heteroatoms. The summed E-state index contributed by atoms with van der Waals surface area (Å²) in [6.07, 6.45) is 1.44. The van der Waals surface area contributed by atoms with E-state index in [2.05, 4.69) is 5.32 Å². The molecule has 0 bridgehead atoms. The number of nitrogens with one attached hydrogen (secondary N) is 1. The van der Waals surface area contributed by atoms with E-state index in [0.29, 0.717) is 16.7 Å². The molecule has 4 rings (SSSR count). The van der Waals surface area contributed by atoms with Gasteiger partial charge in [0.05, 0.1) is 28.8 Å². The summed E-state index contributed by atoms with van der Waals surface area (Å²) in [6.45, 7) is 1.74. The van der Waals surface area contributed by atoms with Gasteiger partial charge in [-0.2, -0.15) is 0 Å². The van der Waals surface area contributed by atoms with Gasteiger partial charge in [-0.15, -0.1) is 0 Å². The molecule has 1 aromatic heterocycles. The number of amides is 1. The fraction of sp³-hybridized carbons (Fsp3) is 0.0833. The van der Waals surface area contributed by atoms with E-state index >= 15 is 0 Å². The molecule has 0 saturated carbocycles. The molecule has 0 unspecified atom stereocenters. The van der Waals surface area contributed by atoms with E-state index in [9.17, 15) is 23.1 Å². The fourth-order valence-electron chi connectivity index (χ4n) is 3.48. The zero-order valence-corrected chi connectivity index (χ0v) is 18.6. The number of carbonyl (C=O) groups is 2. The summed E-state index contributed by atoms with van der Waals surface area (Å²) < 4.78 is 32.9. The highest BCUT2D eigenvalue weighted by Gasteiger charge is 2.21. The highest BCUT2D eigenvalue weighted by molar-refractivity contribution is 7.90. The number of aryl methyl sites for hydroxylation is 1. The molecule has 0 radical (unpaired) electrons. The number of carbonyl (C=O) groups excluding carboxylic acids is 1. The monoisotopic (exact) mass is 464 g/mol. The van der Waals surface area contributed by atoms with Crippen molar-refractivity contribution in [1.82, 2.24) is 3.97 Å². The number of nitrogens with zero attached hydrogens (tertiary/aromatic N) is 1. The summed E-state index contributed by atoms with van der Waals surface area (Å²) in [5.74, 6) is -1.20. The van der Waals surface area contributed by atoms with Gasteiger partial charge in [0.15, 0.2) is 0 Å². The maximum Gasteiger partial charge on any atom is 0.337 e. The van der Waals surface area contributed by atoms with Gasteiger partial charge in [0.1, 0.15) is 5.75 Å². The molecule has 1 heterocycles. The van der Waals surface area contributed by atoms with E-state index in [0.717, 1.165) is 9.54 Å². The highest BCUT2D eigenvalue weighted by atomic mass is 32.2. The number of hydrogen-bond acceptors (Lipinski definition) is 5. The zero-order valence-electron chi connectivity index (χ0n) is 17.8. The summed E-state index contributed by atoms with van der Waals surface area (Å²) in [6, 6.07) is 16.9. The molecule has 0 aliphatic heterocycles. The van der Waals surface area contributed by atoms with Gasteiger partial charge in [-0.1, -0.05) is 17.7 Å². The Hall–Kier alpha value is -4.11. The Kier molecular flexibility index (Phi) is 5.65. The van der Waals surface area contributed by atoms with Crippen molar-refractivity contribution in [2.75, 3.05) is 12.4 Å². The van der Waals surface area contributed by atoms with Crippen molar-refractivity contribution >= 4 is 38.5 Å². The van der Waals surface area contributed by atoms with Gasteiger partial charge < -0.3 is 15.2 Å². The average Bonchev–Trinajstić information content (AvgIpc) is 3.24. The number of ether oxygens (including phenoxy) is 1. The maximum absolute atomic E-state index is 13.3. The van der Waals surface area contributed by atoms with Crippen LogP contribution in [-0.4, -0.2) is 36.5 Å². The van der Waals surface area contributed by atoms with Crippen LogP contribution in [0.25, 0.3) is 10.9 Å². The van der Waals surface area contributed by atoms with Gasteiger partial charge in [-0.25, -0.2) is 17.2 Å². The first kappa shape index (κ1) is 22.1. The molecule has 168 valence electrons. The van der Waals surface area contributed by atoms with Crippen LogP contribution < -0.4 is 10.1 Å². The molecule has 4 aromatic rings. The molecule has 0 aliphatic rings. The first-order valence-electron chi connectivity index (χ1n) is 9.87. The third kappa shape index (κ3) is 4.18. The Morgan fingerprint density at radius 3 is 2.52 bits per heavy atom. The predicted molar refractivity (Wildman–Crippen MR) is 124 cm³/mol. The molecule has 0 aliphatic carbocycles. The number of benzene rings is 3. The zero-order chi connectivity index (χ0) is 23.8. The number of methoxy groups -OCH3 is 1. The molecule has 33 heavy (non-hydrogen) atoms. The predicted octanol–water partition coefficient (Wildman–Crippen LogP) is 4.15. The van der Waals surface area contributed by atoms with Crippen LogP contribution in [0.15, 0.2) is 77.8 Å². The average molecular weight is 464 g/mol. The Labute approximate surface area is 190 Å². The summed E-state index contributed by atoms with van der Waals surface area (Å²) in [5.41, 5.74) is 1.34. The van der Waals surface area contributed by atoms with E-state index in [1.807, 2.05) is 0 Å². The van der Waals surface area contributed by atoms with E-state index in [-0.39, 0.29) is 21.7 Å².